The second kappa shape index (κ2) is 5.42. The molecule has 18 heavy (non-hydrogen) atoms. The molecule has 4 heteroatoms. The van der Waals surface area contributed by atoms with Gasteiger partial charge in [-0.2, -0.15) is 0 Å². The van der Waals surface area contributed by atoms with Gasteiger partial charge in [0.2, 0.25) is 0 Å². The summed E-state index contributed by atoms with van der Waals surface area (Å²) < 4.78 is 0. The van der Waals surface area contributed by atoms with Gasteiger partial charge in [0, 0.05) is 10.6 Å². The van der Waals surface area contributed by atoms with Gasteiger partial charge >= 0.3 is 0 Å². The molecule has 0 saturated heterocycles. The van der Waals surface area contributed by atoms with Crippen LogP contribution in [0.1, 0.15) is 11.1 Å². The predicted molar refractivity (Wildman–Crippen MR) is 78.0 cm³/mol. The monoisotopic (exact) mass is 278 g/mol. The number of nitrogens with zero attached hydrogens (tertiary/aromatic N) is 1. The molecule has 0 aliphatic heterocycles. The quantitative estimate of drug-likeness (QED) is 0.644. The maximum atomic E-state index is 6.05. The van der Waals surface area contributed by atoms with Crippen molar-refractivity contribution < 1.29 is 0 Å². The molecule has 0 heterocycles. The fourth-order valence-corrected chi connectivity index (χ4v) is 1.93. The number of benzene rings is 2. The Morgan fingerprint density at radius 1 is 1.06 bits per heavy atom. The summed E-state index contributed by atoms with van der Waals surface area (Å²) in [5.74, 6) is 0.375. The van der Waals surface area contributed by atoms with Crippen molar-refractivity contribution in [3.8, 4) is 0 Å². The number of hydrogen-bond acceptors (Lipinski definition) is 1. The van der Waals surface area contributed by atoms with Gasteiger partial charge in [-0.1, -0.05) is 41.4 Å². The van der Waals surface area contributed by atoms with Crippen LogP contribution in [0.25, 0.3) is 0 Å². The Bertz CT molecular complexity index is 606. The molecule has 0 bridgehead atoms. The summed E-state index contributed by atoms with van der Waals surface area (Å²) in [6.07, 6.45) is 0. The zero-order chi connectivity index (χ0) is 13.1. The second-order valence-corrected chi connectivity index (χ2v) is 4.72. The lowest BCUT2D eigenvalue weighted by molar-refractivity contribution is 1.41. The maximum absolute atomic E-state index is 6.05. The topological polar surface area (TPSA) is 38.4 Å². The largest absolute Gasteiger partial charge is 0.383 e. The fraction of sp³-hybridized carbons (Fsp3) is 0.0714. The van der Waals surface area contributed by atoms with Gasteiger partial charge in [-0.05, 0) is 36.8 Å². The van der Waals surface area contributed by atoms with Crippen LogP contribution in [0.5, 0.6) is 0 Å². The SMILES string of the molecule is Cc1ccc(N=C(N)c2ccccc2Cl)cc1Cl. The molecule has 2 N–H and O–H groups in total. The Morgan fingerprint density at radius 3 is 2.44 bits per heavy atom. The molecule has 0 saturated carbocycles. The van der Waals surface area contributed by atoms with E-state index in [0.717, 1.165) is 11.1 Å². The van der Waals surface area contributed by atoms with Gasteiger partial charge in [0.05, 0.1) is 10.7 Å². The number of nitrogens with two attached hydrogens (primary N) is 1. The number of aliphatic imine (C=N–C) groups is 1. The minimum absolute atomic E-state index is 0.375. The molecule has 0 atom stereocenters. The highest BCUT2D eigenvalue weighted by molar-refractivity contribution is 6.34. The molecule has 2 aromatic rings. The van der Waals surface area contributed by atoms with Crippen molar-refractivity contribution >= 4 is 34.7 Å². The van der Waals surface area contributed by atoms with Crippen molar-refractivity contribution in [3.63, 3.8) is 0 Å². The number of halogens is 2. The summed E-state index contributed by atoms with van der Waals surface area (Å²) in [5.41, 5.74) is 8.37. The van der Waals surface area contributed by atoms with Crippen LogP contribution in [0.3, 0.4) is 0 Å². The van der Waals surface area contributed by atoms with Crippen LogP contribution in [0.4, 0.5) is 5.69 Å². The Morgan fingerprint density at radius 2 is 1.78 bits per heavy atom. The maximum Gasteiger partial charge on any atom is 0.132 e. The van der Waals surface area contributed by atoms with Crippen LogP contribution < -0.4 is 5.73 Å². The van der Waals surface area contributed by atoms with E-state index >= 15 is 0 Å². The highest BCUT2D eigenvalue weighted by atomic mass is 35.5. The average molecular weight is 279 g/mol. The highest BCUT2D eigenvalue weighted by Gasteiger charge is 2.04. The van der Waals surface area contributed by atoms with Crippen LogP contribution in [0.15, 0.2) is 47.5 Å². The van der Waals surface area contributed by atoms with E-state index in [1.807, 2.05) is 37.3 Å². The molecular weight excluding hydrogens is 267 g/mol. The number of amidine groups is 1. The van der Waals surface area contributed by atoms with E-state index in [2.05, 4.69) is 4.99 Å². The van der Waals surface area contributed by atoms with E-state index in [0.29, 0.717) is 21.6 Å². The van der Waals surface area contributed by atoms with E-state index in [9.17, 15) is 0 Å². The summed E-state index contributed by atoms with van der Waals surface area (Å²) in [5, 5.41) is 1.25. The van der Waals surface area contributed by atoms with Crippen LogP contribution in [0.2, 0.25) is 10.0 Å². The molecule has 0 aliphatic carbocycles. The summed E-state index contributed by atoms with van der Waals surface area (Å²) in [6, 6.07) is 12.9. The zero-order valence-electron chi connectivity index (χ0n) is 9.82. The Labute approximate surface area is 116 Å². The summed E-state index contributed by atoms with van der Waals surface area (Å²) in [6.45, 7) is 1.94. The average Bonchev–Trinajstić information content (AvgIpc) is 2.34. The third-order valence-corrected chi connectivity index (χ3v) is 3.29. The van der Waals surface area contributed by atoms with Crippen LogP contribution in [-0.4, -0.2) is 5.84 Å². The van der Waals surface area contributed by atoms with Gasteiger partial charge in [-0.3, -0.25) is 0 Å². The first kappa shape index (κ1) is 12.9. The van der Waals surface area contributed by atoms with E-state index in [1.54, 1.807) is 12.1 Å². The highest BCUT2D eigenvalue weighted by Crippen LogP contribution is 2.23. The first-order valence-electron chi connectivity index (χ1n) is 5.43. The number of rotatable bonds is 2. The van der Waals surface area contributed by atoms with Crippen molar-refractivity contribution in [2.45, 2.75) is 6.92 Å². The van der Waals surface area contributed by atoms with Crippen molar-refractivity contribution in [2.24, 2.45) is 10.7 Å². The molecular formula is C14H12Cl2N2. The second-order valence-electron chi connectivity index (χ2n) is 3.91. The molecule has 92 valence electrons. The van der Waals surface area contributed by atoms with Gasteiger partial charge in [-0.15, -0.1) is 0 Å². The minimum atomic E-state index is 0.375. The zero-order valence-corrected chi connectivity index (χ0v) is 11.3. The Balaban J connectivity index is 2.39. The van der Waals surface area contributed by atoms with Crippen molar-refractivity contribution in [3.05, 3.63) is 63.6 Å². The molecule has 2 aromatic carbocycles. The van der Waals surface area contributed by atoms with Gasteiger partial charge in [-0.25, -0.2) is 4.99 Å². The summed E-state index contributed by atoms with van der Waals surface area (Å²) in [7, 11) is 0. The molecule has 2 nitrogen and oxygen atoms in total. The Kier molecular flexibility index (Phi) is 3.90. The lowest BCUT2D eigenvalue weighted by Crippen LogP contribution is -2.13. The van der Waals surface area contributed by atoms with Gasteiger partial charge in [0.25, 0.3) is 0 Å². The molecule has 2 rings (SSSR count). The third kappa shape index (κ3) is 2.84. The molecule has 0 aromatic heterocycles. The third-order valence-electron chi connectivity index (χ3n) is 2.55. The summed E-state index contributed by atoms with van der Waals surface area (Å²) in [4.78, 5) is 4.32. The molecule has 0 radical (unpaired) electrons. The van der Waals surface area contributed by atoms with E-state index in [1.165, 1.54) is 0 Å². The van der Waals surface area contributed by atoms with Gasteiger partial charge < -0.3 is 5.73 Å². The normalized spacial score (nSPS) is 11.6. The molecule has 0 fully saturated rings. The van der Waals surface area contributed by atoms with Crippen LogP contribution >= 0.6 is 23.2 Å². The molecule has 0 spiro atoms. The smallest absolute Gasteiger partial charge is 0.132 e. The van der Waals surface area contributed by atoms with Crippen LogP contribution in [0, 0.1) is 6.92 Å². The van der Waals surface area contributed by atoms with Crippen molar-refractivity contribution in [1.82, 2.24) is 0 Å². The first-order chi connectivity index (χ1) is 8.58. The predicted octanol–water partition coefficient (Wildman–Crippen LogP) is 4.34. The lowest BCUT2D eigenvalue weighted by Gasteiger charge is -2.04. The number of hydrogen-bond donors (Lipinski definition) is 1. The fourth-order valence-electron chi connectivity index (χ4n) is 1.52. The first-order valence-corrected chi connectivity index (χ1v) is 6.19. The Hall–Kier alpha value is -1.51. The van der Waals surface area contributed by atoms with Crippen molar-refractivity contribution in [1.29, 1.82) is 0 Å². The number of aryl methyl sites for hydroxylation is 1. The van der Waals surface area contributed by atoms with Crippen molar-refractivity contribution in [2.75, 3.05) is 0 Å². The molecule has 0 amide bonds. The molecule has 0 unspecified atom stereocenters. The van der Waals surface area contributed by atoms with E-state index < -0.39 is 0 Å². The summed E-state index contributed by atoms with van der Waals surface area (Å²) >= 11 is 12.1. The minimum Gasteiger partial charge on any atom is -0.383 e. The van der Waals surface area contributed by atoms with E-state index in [4.69, 9.17) is 28.9 Å². The van der Waals surface area contributed by atoms with Gasteiger partial charge in [0.15, 0.2) is 0 Å². The molecule has 0 aliphatic rings. The van der Waals surface area contributed by atoms with E-state index in [-0.39, 0.29) is 0 Å². The van der Waals surface area contributed by atoms with Gasteiger partial charge in [0.1, 0.15) is 5.84 Å². The van der Waals surface area contributed by atoms with Crippen LogP contribution in [-0.2, 0) is 0 Å². The lowest BCUT2D eigenvalue weighted by atomic mass is 10.2. The standard InChI is InChI=1S/C14H12Cl2N2/c1-9-6-7-10(8-13(9)16)18-14(17)11-4-2-3-5-12(11)15/h2-8H,1H3,(H2,17,18).